The van der Waals surface area contributed by atoms with Gasteiger partial charge in [0.05, 0.1) is 12.3 Å². The number of hydrogen-bond donors (Lipinski definition) is 1. The lowest BCUT2D eigenvalue weighted by Crippen LogP contribution is -2.36. The smallest absolute Gasteiger partial charge is 0.185 e. The molecule has 1 saturated heterocycles. The molecule has 1 unspecified atom stereocenters. The third kappa shape index (κ3) is 3.67. The van der Waals surface area contributed by atoms with E-state index in [1.54, 1.807) is 7.11 Å². The average molecular weight is 313 g/mol. The van der Waals surface area contributed by atoms with E-state index in [1.165, 1.54) is 28.6 Å². The predicted molar refractivity (Wildman–Crippen MR) is 86.8 cm³/mol. The van der Waals surface area contributed by atoms with Crippen LogP contribution in [0, 0.1) is 0 Å². The Bertz CT molecular complexity index is 448. The molecule has 4 nitrogen and oxygen atoms in total. The first-order valence-corrected chi connectivity index (χ1v) is 9.20. The molecule has 0 spiro atoms. The van der Waals surface area contributed by atoms with Gasteiger partial charge in [0, 0.05) is 48.7 Å². The van der Waals surface area contributed by atoms with E-state index >= 15 is 0 Å². The fraction of sp³-hybridized carbons (Fsp3) is 0.786. The molecular weight excluding hydrogens is 290 g/mol. The Morgan fingerprint density at radius 1 is 1.45 bits per heavy atom. The maximum Gasteiger partial charge on any atom is 0.185 e. The first-order valence-electron chi connectivity index (χ1n) is 7.33. The van der Waals surface area contributed by atoms with Crippen LogP contribution in [0.15, 0.2) is 0 Å². The number of ether oxygens (including phenoxy) is 1. The monoisotopic (exact) mass is 313 g/mol. The number of nitrogens with one attached hydrogen (secondary N) is 1. The van der Waals surface area contributed by atoms with E-state index in [0.717, 1.165) is 31.4 Å². The Morgan fingerprint density at radius 3 is 3.00 bits per heavy atom. The van der Waals surface area contributed by atoms with Crippen molar-refractivity contribution in [2.75, 3.05) is 30.9 Å². The van der Waals surface area contributed by atoms with E-state index < -0.39 is 0 Å². The Labute approximate surface area is 129 Å². The number of rotatable bonds is 6. The van der Waals surface area contributed by atoms with Crippen LogP contribution >= 0.6 is 23.1 Å². The summed E-state index contributed by atoms with van der Waals surface area (Å²) in [6, 6.07) is 0.738. The highest BCUT2D eigenvalue weighted by atomic mass is 32.2. The van der Waals surface area contributed by atoms with Crippen LogP contribution in [-0.4, -0.2) is 42.2 Å². The third-order valence-corrected chi connectivity index (χ3v) is 5.98. The molecule has 1 saturated carbocycles. The molecule has 0 bridgehead atoms. The van der Waals surface area contributed by atoms with E-state index in [9.17, 15) is 0 Å². The normalized spacial score (nSPS) is 23.3. The molecule has 1 aromatic heterocycles. The summed E-state index contributed by atoms with van der Waals surface area (Å²) in [4.78, 5) is 8.61. The van der Waals surface area contributed by atoms with Gasteiger partial charge in [-0.2, -0.15) is 11.8 Å². The number of methoxy groups -OCH3 is 1. The van der Waals surface area contributed by atoms with Crippen molar-refractivity contribution in [3.63, 3.8) is 0 Å². The second kappa shape index (κ2) is 6.64. The van der Waals surface area contributed by atoms with Gasteiger partial charge in [0.25, 0.3) is 0 Å². The first kappa shape index (κ1) is 14.6. The molecule has 1 N–H and O–H groups in total. The first-order chi connectivity index (χ1) is 9.76. The SMILES string of the molecule is COCc1nc(N2CCSC(C)C2)sc1CNC1CC1. The zero-order chi connectivity index (χ0) is 13.9. The molecule has 0 radical (unpaired) electrons. The van der Waals surface area contributed by atoms with Crippen molar-refractivity contribution in [3.05, 3.63) is 10.6 Å². The van der Waals surface area contributed by atoms with E-state index in [4.69, 9.17) is 9.72 Å². The van der Waals surface area contributed by atoms with Crippen LogP contribution in [0.4, 0.5) is 5.13 Å². The Hall–Kier alpha value is -0.300. The minimum atomic E-state index is 0.621. The van der Waals surface area contributed by atoms with Crippen molar-refractivity contribution in [2.24, 2.45) is 0 Å². The molecule has 2 heterocycles. The van der Waals surface area contributed by atoms with Crippen LogP contribution in [0.5, 0.6) is 0 Å². The van der Waals surface area contributed by atoms with Crippen molar-refractivity contribution in [1.29, 1.82) is 0 Å². The number of aromatic nitrogens is 1. The summed E-state index contributed by atoms with van der Waals surface area (Å²) >= 11 is 3.90. The zero-order valence-corrected chi connectivity index (χ0v) is 13.9. The van der Waals surface area contributed by atoms with Gasteiger partial charge >= 0.3 is 0 Å². The summed E-state index contributed by atoms with van der Waals surface area (Å²) in [7, 11) is 1.75. The van der Waals surface area contributed by atoms with Crippen LogP contribution in [-0.2, 0) is 17.9 Å². The molecule has 0 amide bonds. The number of thioether (sulfide) groups is 1. The molecule has 1 atom stereocenters. The fourth-order valence-electron chi connectivity index (χ4n) is 2.41. The lowest BCUT2D eigenvalue weighted by molar-refractivity contribution is 0.181. The van der Waals surface area contributed by atoms with Gasteiger partial charge in [-0.05, 0) is 12.8 Å². The summed E-state index contributed by atoms with van der Waals surface area (Å²) in [5, 5.41) is 5.47. The van der Waals surface area contributed by atoms with Gasteiger partial charge in [0.15, 0.2) is 5.13 Å². The van der Waals surface area contributed by atoms with Crippen molar-refractivity contribution in [2.45, 2.75) is 44.2 Å². The molecule has 3 rings (SSSR count). The van der Waals surface area contributed by atoms with Gasteiger partial charge in [0.1, 0.15) is 0 Å². The van der Waals surface area contributed by atoms with Crippen LogP contribution in [0.1, 0.15) is 30.3 Å². The number of anilines is 1. The molecule has 6 heteroatoms. The van der Waals surface area contributed by atoms with Gasteiger partial charge in [-0.3, -0.25) is 0 Å². The van der Waals surface area contributed by atoms with Gasteiger partial charge in [0.2, 0.25) is 0 Å². The van der Waals surface area contributed by atoms with E-state index in [-0.39, 0.29) is 0 Å². The lowest BCUT2D eigenvalue weighted by Gasteiger charge is -2.30. The second-order valence-corrected chi connectivity index (χ2v) is 8.19. The molecular formula is C14H23N3OS2. The largest absolute Gasteiger partial charge is 0.378 e. The number of thiazole rings is 1. The Kier molecular flexibility index (Phi) is 4.86. The molecule has 1 aliphatic heterocycles. The zero-order valence-electron chi connectivity index (χ0n) is 12.2. The molecule has 1 aromatic rings. The fourth-order valence-corrected chi connectivity index (χ4v) is 4.47. The highest BCUT2D eigenvalue weighted by Crippen LogP contribution is 2.31. The van der Waals surface area contributed by atoms with Crippen molar-refractivity contribution in [3.8, 4) is 0 Å². The minimum Gasteiger partial charge on any atom is -0.378 e. The van der Waals surface area contributed by atoms with Crippen molar-refractivity contribution < 1.29 is 4.74 Å². The maximum absolute atomic E-state index is 5.31. The predicted octanol–water partition coefficient (Wildman–Crippen LogP) is 2.48. The summed E-state index contributed by atoms with van der Waals surface area (Å²) in [6.45, 7) is 6.09. The number of nitrogens with zero attached hydrogens (tertiary/aromatic N) is 2. The van der Waals surface area contributed by atoms with Crippen LogP contribution in [0.3, 0.4) is 0 Å². The van der Waals surface area contributed by atoms with E-state index in [1.807, 2.05) is 11.3 Å². The van der Waals surface area contributed by atoms with Crippen molar-refractivity contribution >= 4 is 28.2 Å². The van der Waals surface area contributed by atoms with Crippen molar-refractivity contribution in [1.82, 2.24) is 10.3 Å². The van der Waals surface area contributed by atoms with Crippen LogP contribution in [0.25, 0.3) is 0 Å². The molecule has 0 aromatic carbocycles. The Balaban J connectivity index is 1.70. The van der Waals surface area contributed by atoms with Gasteiger partial charge in [-0.1, -0.05) is 6.92 Å². The molecule has 112 valence electrons. The van der Waals surface area contributed by atoms with E-state index in [2.05, 4.69) is 28.9 Å². The average Bonchev–Trinajstić information content (AvgIpc) is 3.18. The lowest BCUT2D eigenvalue weighted by atomic mass is 10.3. The number of hydrogen-bond acceptors (Lipinski definition) is 6. The van der Waals surface area contributed by atoms with Gasteiger partial charge in [-0.15, -0.1) is 11.3 Å². The summed E-state index contributed by atoms with van der Waals surface area (Å²) in [5.41, 5.74) is 1.12. The van der Waals surface area contributed by atoms with Crippen LogP contribution < -0.4 is 10.2 Å². The molecule has 1 aliphatic carbocycles. The highest BCUT2D eigenvalue weighted by molar-refractivity contribution is 8.00. The summed E-state index contributed by atoms with van der Waals surface area (Å²) < 4.78 is 5.31. The standard InChI is InChI=1S/C14H23N3OS2/c1-10-8-17(5-6-19-10)14-16-12(9-18-2)13(20-14)7-15-11-3-4-11/h10-11,15H,3-9H2,1-2H3. The van der Waals surface area contributed by atoms with Gasteiger partial charge in [-0.25, -0.2) is 4.98 Å². The van der Waals surface area contributed by atoms with E-state index in [0.29, 0.717) is 11.9 Å². The molecule has 20 heavy (non-hydrogen) atoms. The maximum atomic E-state index is 5.31. The summed E-state index contributed by atoms with van der Waals surface area (Å²) in [6.07, 6.45) is 2.65. The topological polar surface area (TPSA) is 37.4 Å². The minimum absolute atomic E-state index is 0.621. The molecule has 2 aliphatic rings. The summed E-state index contributed by atoms with van der Waals surface area (Å²) in [5.74, 6) is 1.20. The second-order valence-electron chi connectivity index (χ2n) is 5.58. The third-order valence-electron chi connectivity index (χ3n) is 3.69. The highest BCUT2D eigenvalue weighted by Gasteiger charge is 2.24. The van der Waals surface area contributed by atoms with Gasteiger partial charge < -0.3 is 15.0 Å². The Morgan fingerprint density at radius 2 is 2.30 bits per heavy atom. The molecule has 2 fully saturated rings. The quantitative estimate of drug-likeness (QED) is 0.873. The van der Waals surface area contributed by atoms with Crippen LogP contribution in [0.2, 0.25) is 0 Å².